The van der Waals surface area contributed by atoms with Crippen molar-refractivity contribution in [3.8, 4) is 5.69 Å². The van der Waals surface area contributed by atoms with E-state index in [9.17, 15) is 4.39 Å². The average Bonchev–Trinajstić information content (AvgIpc) is 2.97. The van der Waals surface area contributed by atoms with Gasteiger partial charge in [-0.1, -0.05) is 41.1 Å². The molecule has 3 aromatic rings. The summed E-state index contributed by atoms with van der Waals surface area (Å²) in [4.78, 5) is 0. The van der Waals surface area contributed by atoms with Gasteiger partial charge in [-0.15, -0.1) is 5.10 Å². The van der Waals surface area contributed by atoms with Gasteiger partial charge in [-0.3, -0.25) is 0 Å². The molecule has 2 aromatic carbocycles. The van der Waals surface area contributed by atoms with E-state index in [0.29, 0.717) is 5.69 Å². The van der Waals surface area contributed by atoms with E-state index in [1.807, 2.05) is 30.3 Å². The molecule has 21 heavy (non-hydrogen) atoms. The fourth-order valence-electron chi connectivity index (χ4n) is 2.18. The summed E-state index contributed by atoms with van der Waals surface area (Å²) in [6, 6.07) is 13.1. The summed E-state index contributed by atoms with van der Waals surface area (Å²) in [5, 5.41) is 8.17. The highest BCUT2D eigenvalue weighted by molar-refractivity contribution is 6.31. The maximum Gasteiger partial charge on any atom is 0.129 e. The van der Waals surface area contributed by atoms with Crippen LogP contribution < -0.4 is 5.73 Å². The minimum absolute atomic E-state index is 0.235. The van der Waals surface area contributed by atoms with Gasteiger partial charge in [0.05, 0.1) is 23.6 Å². The smallest absolute Gasteiger partial charge is 0.129 e. The number of benzene rings is 2. The topological polar surface area (TPSA) is 56.7 Å². The third kappa shape index (κ3) is 2.53. The molecule has 0 spiro atoms. The van der Waals surface area contributed by atoms with E-state index in [1.54, 1.807) is 16.8 Å². The van der Waals surface area contributed by atoms with Crippen LogP contribution in [0, 0.1) is 5.82 Å². The first-order valence-electron chi connectivity index (χ1n) is 6.34. The van der Waals surface area contributed by atoms with Crippen LogP contribution in [0.25, 0.3) is 5.69 Å². The lowest BCUT2D eigenvalue weighted by atomic mass is 10.0. The zero-order valence-corrected chi connectivity index (χ0v) is 11.7. The predicted molar refractivity (Wildman–Crippen MR) is 78.8 cm³/mol. The van der Waals surface area contributed by atoms with E-state index in [1.165, 1.54) is 12.3 Å². The minimum atomic E-state index is -0.756. The largest absolute Gasteiger partial charge is 0.319 e. The maximum atomic E-state index is 14.0. The first-order chi connectivity index (χ1) is 10.2. The van der Waals surface area contributed by atoms with Gasteiger partial charge < -0.3 is 5.73 Å². The van der Waals surface area contributed by atoms with Crippen LogP contribution in [-0.4, -0.2) is 15.0 Å². The number of hydrogen-bond acceptors (Lipinski definition) is 3. The molecule has 0 aliphatic carbocycles. The molecule has 2 N–H and O–H groups in total. The maximum absolute atomic E-state index is 14.0. The van der Waals surface area contributed by atoms with Crippen molar-refractivity contribution in [1.29, 1.82) is 0 Å². The van der Waals surface area contributed by atoms with Gasteiger partial charge in [0.1, 0.15) is 5.82 Å². The summed E-state index contributed by atoms with van der Waals surface area (Å²) >= 11 is 6.07. The molecule has 0 radical (unpaired) electrons. The number of nitrogens with zero attached hydrogens (tertiary/aromatic N) is 3. The number of hydrogen-bond donors (Lipinski definition) is 1. The Kier molecular flexibility index (Phi) is 3.68. The Morgan fingerprint density at radius 3 is 2.57 bits per heavy atom. The van der Waals surface area contributed by atoms with Crippen LogP contribution >= 0.6 is 11.6 Å². The first-order valence-corrected chi connectivity index (χ1v) is 6.72. The Balaban J connectivity index is 2.08. The van der Waals surface area contributed by atoms with Crippen molar-refractivity contribution in [1.82, 2.24) is 15.0 Å². The van der Waals surface area contributed by atoms with Crippen molar-refractivity contribution in [3.05, 3.63) is 76.8 Å². The Labute approximate surface area is 126 Å². The van der Waals surface area contributed by atoms with Crippen molar-refractivity contribution >= 4 is 11.6 Å². The van der Waals surface area contributed by atoms with Gasteiger partial charge in [-0.05, 0) is 24.3 Å². The molecule has 0 amide bonds. The zero-order valence-electron chi connectivity index (χ0n) is 10.9. The molecule has 6 heteroatoms. The molecule has 0 aliphatic heterocycles. The van der Waals surface area contributed by atoms with Gasteiger partial charge in [0, 0.05) is 10.6 Å². The Morgan fingerprint density at radius 1 is 1.10 bits per heavy atom. The lowest BCUT2D eigenvalue weighted by Gasteiger charge is -2.15. The molecule has 1 unspecified atom stereocenters. The van der Waals surface area contributed by atoms with Crippen LogP contribution in [0.4, 0.5) is 4.39 Å². The summed E-state index contributed by atoms with van der Waals surface area (Å²) in [6.07, 6.45) is 1.51. The molecule has 4 nitrogen and oxygen atoms in total. The van der Waals surface area contributed by atoms with Crippen LogP contribution in [0.15, 0.2) is 54.7 Å². The van der Waals surface area contributed by atoms with E-state index in [0.717, 1.165) is 5.69 Å². The van der Waals surface area contributed by atoms with Crippen molar-refractivity contribution in [2.75, 3.05) is 0 Å². The van der Waals surface area contributed by atoms with Gasteiger partial charge >= 0.3 is 0 Å². The van der Waals surface area contributed by atoms with Gasteiger partial charge in [0.2, 0.25) is 0 Å². The Morgan fingerprint density at radius 2 is 1.86 bits per heavy atom. The number of rotatable bonds is 3. The molecule has 0 bridgehead atoms. The van der Waals surface area contributed by atoms with E-state index in [-0.39, 0.29) is 10.6 Å². The highest BCUT2D eigenvalue weighted by atomic mass is 35.5. The quantitative estimate of drug-likeness (QED) is 0.809. The summed E-state index contributed by atoms with van der Waals surface area (Å²) < 4.78 is 15.6. The Bertz CT molecular complexity index is 737. The van der Waals surface area contributed by atoms with Gasteiger partial charge in [0.15, 0.2) is 0 Å². The summed E-state index contributed by atoms with van der Waals surface area (Å²) in [5.41, 5.74) is 7.77. The lowest BCUT2D eigenvalue weighted by molar-refractivity contribution is 0.592. The second-order valence-electron chi connectivity index (χ2n) is 4.52. The second kappa shape index (κ2) is 5.63. The molecular formula is C15H12ClFN4. The summed E-state index contributed by atoms with van der Waals surface area (Å²) in [6.45, 7) is 0. The van der Waals surface area contributed by atoms with Gasteiger partial charge in [-0.2, -0.15) is 0 Å². The predicted octanol–water partition coefficient (Wildman–Crippen LogP) is 3.11. The van der Waals surface area contributed by atoms with Crippen LogP contribution in [0.3, 0.4) is 0 Å². The van der Waals surface area contributed by atoms with E-state index in [4.69, 9.17) is 17.3 Å². The van der Waals surface area contributed by atoms with Crippen molar-refractivity contribution < 1.29 is 4.39 Å². The number of halogens is 2. The number of para-hydroxylation sites is 1. The molecular weight excluding hydrogens is 291 g/mol. The third-order valence-electron chi connectivity index (χ3n) is 3.21. The molecule has 106 valence electrons. The van der Waals surface area contributed by atoms with Crippen molar-refractivity contribution in [2.24, 2.45) is 5.73 Å². The zero-order chi connectivity index (χ0) is 14.8. The molecule has 0 aliphatic rings. The van der Waals surface area contributed by atoms with Crippen LogP contribution in [0.1, 0.15) is 17.3 Å². The molecule has 1 aromatic heterocycles. The third-order valence-corrected chi connectivity index (χ3v) is 3.54. The molecule has 3 rings (SSSR count). The normalized spacial score (nSPS) is 12.3. The summed E-state index contributed by atoms with van der Waals surface area (Å²) in [7, 11) is 0. The summed E-state index contributed by atoms with van der Waals surface area (Å²) in [5.74, 6) is -0.448. The fraction of sp³-hybridized carbons (Fsp3) is 0.0667. The van der Waals surface area contributed by atoms with E-state index >= 15 is 0 Å². The highest BCUT2D eigenvalue weighted by Gasteiger charge is 2.21. The van der Waals surface area contributed by atoms with Crippen LogP contribution in [0.2, 0.25) is 5.02 Å². The van der Waals surface area contributed by atoms with Crippen molar-refractivity contribution in [3.63, 3.8) is 0 Å². The SMILES string of the molecule is NC(c1c(F)cccc1Cl)c1cnnn1-c1ccccc1. The van der Waals surface area contributed by atoms with Crippen LogP contribution in [-0.2, 0) is 0 Å². The minimum Gasteiger partial charge on any atom is -0.319 e. The second-order valence-corrected chi connectivity index (χ2v) is 4.93. The standard InChI is InChI=1S/C15H12ClFN4/c16-11-7-4-8-12(17)14(11)15(18)13-9-19-20-21(13)10-5-2-1-3-6-10/h1-9,15H,18H2. The highest BCUT2D eigenvalue weighted by Crippen LogP contribution is 2.29. The lowest BCUT2D eigenvalue weighted by Crippen LogP contribution is -2.18. The molecule has 1 atom stereocenters. The number of aromatic nitrogens is 3. The molecule has 0 saturated carbocycles. The van der Waals surface area contributed by atoms with Gasteiger partial charge in [0.25, 0.3) is 0 Å². The number of nitrogens with two attached hydrogens (primary N) is 1. The van der Waals surface area contributed by atoms with Crippen LogP contribution in [0.5, 0.6) is 0 Å². The van der Waals surface area contributed by atoms with E-state index in [2.05, 4.69) is 10.3 Å². The first kappa shape index (κ1) is 13.7. The molecule has 0 fully saturated rings. The Hall–Kier alpha value is -2.24. The van der Waals surface area contributed by atoms with Crippen molar-refractivity contribution in [2.45, 2.75) is 6.04 Å². The average molecular weight is 303 g/mol. The monoisotopic (exact) mass is 302 g/mol. The molecule has 1 heterocycles. The fourth-order valence-corrected chi connectivity index (χ4v) is 2.46. The van der Waals surface area contributed by atoms with E-state index < -0.39 is 11.9 Å². The van der Waals surface area contributed by atoms with Gasteiger partial charge in [-0.25, -0.2) is 9.07 Å². The molecule has 0 saturated heterocycles.